The Morgan fingerprint density at radius 2 is 1.57 bits per heavy atom. The molecule has 3 aromatic rings. The molecule has 158 valence electrons. The van der Waals surface area contributed by atoms with Crippen molar-refractivity contribution in [2.45, 2.75) is 34.0 Å². The number of sulfone groups is 1. The molecule has 0 atom stereocenters. The van der Waals surface area contributed by atoms with Crippen LogP contribution in [0.3, 0.4) is 0 Å². The molecular formula is C20H19NO6S3. The number of thiophene rings is 1. The van der Waals surface area contributed by atoms with Crippen LogP contribution >= 0.6 is 11.3 Å². The van der Waals surface area contributed by atoms with E-state index >= 15 is 0 Å². The quantitative estimate of drug-likeness (QED) is 0.572. The van der Waals surface area contributed by atoms with E-state index in [1.165, 1.54) is 29.6 Å². The lowest BCUT2D eigenvalue weighted by molar-refractivity contribution is 0.0981. The number of carbonyl (C=O) groups excluding carboxylic acids is 1. The van der Waals surface area contributed by atoms with Gasteiger partial charge in [-0.25, -0.2) is 21.6 Å². The van der Waals surface area contributed by atoms with Crippen LogP contribution in [0, 0.1) is 0 Å². The average molecular weight is 466 g/mol. The Morgan fingerprint density at radius 3 is 2.17 bits per heavy atom. The normalized spacial score (nSPS) is 12.0. The van der Waals surface area contributed by atoms with E-state index in [1.807, 2.05) is 18.6 Å². The van der Waals surface area contributed by atoms with Crippen LogP contribution in [0.15, 0.2) is 80.0 Å². The van der Waals surface area contributed by atoms with Crippen molar-refractivity contribution < 1.29 is 26.4 Å². The molecule has 0 radical (unpaired) electrons. The molecule has 30 heavy (non-hydrogen) atoms. The van der Waals surface area contributed by atoms with Crippen LogP contribution in [0.5, 0.6) is 5.75 Å². The first-order valence-electron chi connectivity index (χ1n) is 8.82. The summed E-state index contributed by atoms with van der Waals surface area (Å²) in [5.74, 6) is -0.273. The lowest BCUT2D eigenvalue weighted by atomic mass is 10.2. The van der Waals surface area contributed by atoms with Gasteiger partial charge in [0.25, 0.3) is 15.9 Å². The van der Waals surface area contributed by atoms with Gasteiger partial charge in [-0.1, -0.05) is 18.2 Å². The zero-order valence-electron chi connectivity index (χ0n) is 16.1. The van der Waals surface area contributed by atoms with Gasteiger partial charge < -0.3 is 4.74 Å². The van der Waals surface area contributed by atoms with E-state index < -0.39 is 25.8 Å². The Hall–Kier alpha value is -2.69. The highest BCUT2D eigenvalue weighted by Crippen LogP contribution is 2.28. The Bertz CT molecular complexity index is 1250. The van der Waals surface area contributed by atoms with Gasteiger partial charge in [-0.15, -0.1) is 11.3 Å². The van der Waals surface area contributed by atoms with E-state index in [9.17, 15) is 21.6 Å². The lowest BCUT2D eigenvalue weighted by Gasteiger charge is -2.10. The van der Waals surface area contributed by atoms with Crippen molar-refractivity contribution in [1.82, 2.24) is 4.72 Å². The van der Waals surface area contributed by atoms with Gasteiger partial charge in [0.05, 0.1) is 15.9 Å². The molecule has 10 heteroatoms. The third-order valence-corrected chi connectivity index (χ3v) is 8.56. The van der Waals surface area contributed by atoms with Crippen molar-refractivity contribution in [2.75, 3.05) is 0 Å². The molecule has 7 nitrogen and oxygen atoms in total. The van der Waals surface area contributed by atoms with E-state index in [2.05, 4.69) is 0 Å². The fourth-order valence-corrected chi connectivity index (χ4v) is 6.38. The number of hydrogen-bond donors (Lipinski definition) is 1. The van der Waals surface area contributed by atoms with E-state index in [-0.39, 0.29) is 25.7 Å². The van der Waals surface area contributed by atoms with Crippen LogP contribution in [0.25, 0.3) is 0 Å². The van der Waals surface area contributed by atoms with Gasteiger partial charge in [-0.05, 0) is 56.3 Å². The summed E-state index contributed by atoms with van der Waals surface area (Å²) < 4.78 is 57.6. The molecular weight excluding hydrogens is 446 g/mol. The van der Waals surface area contributed by atoms with Gasteiger partial charge in [0, 0.05) is 10.9 Å². The average Bonchev–Trinajstić information content (AvgIpc) is 3.20. The van der Waals surface area contributed by atoms with Crippen molar-refractivity contribution in [2.24, 2.45) is 0 Å². The summed E-state index contributed by atoms with van der Waals surface area (Å²) in [5.41, 5.74) is 0.128. The smallest absolute Gasteiger partial charge is 0.273 e. The minimum Gasteiger partial charge on any atom is -0.491 e. The van der Waals surface area contributed by atoms with Crippen molar-refractivity contribution in [3.63, 3.8) is 0 Å². The molecule has 1 amide bonds. The van der Waals surface area contributed by atoms with Gasteiger partial charge in [0.2, 0.25) is 9.84 Å². The predicted octanol–water partition coefficient (Wildman–Crippen LogP) is 3.49. The second-order valence-electron chi connectivity index (χ2n) is 6.54. The van der Waals surface area contributed by atoms with Crippen molar-refractivity contribution in [1.29, 1.82) is 0 Å². The molecule has 0 saturated carbocycles. The van der Waals surface area contributed by atoms with Gasteiger partial charge >= 0.3 is 0 Å². The molecule has 3 rings (SSSR count). The molecule has 0 aliphatic carbocycles. The Morgan fingerprint density at radius 1 is 0.933 bits per heavy atom. The van der Waals surface area contributed by atoms with Crippen LogP contribution in [-0.4, -0.2) is 28.8 Å². The standard InChI is InChI=1S/C20H19NO6S3/c1-14(2)27-16-10-8-15(9-11-16)20(22)21-30(25,26)19-12-18(13-28-19)29(23,24)17-6-4-3-5-7-17/h3-14H,1-2H3,(H,21,22). The Labute approximate surface area is 179 Å². The summed E-state index contributed by atoms with van der Waals surface area (Å²) in [5, 5.41) is 1.24. The molecule has 0 aliphatic heterocycles. The largest absolute Gasteiger partial charge is 0.491 e. The Balaban J connectivity index is 1.79. The molecule has 1 heterocycles. The zero-order chi connectivity index (χ0) is 21.9. The lowest BCUT2D eigenvalue weighted by Crippen LogP contribution is -2.30. The second-order valence-corrected chi connectivity index (χ2v) is 11.3. The predicted molar refractivity (Wildman–Crippen MR) is 113 cm³/mol. The van der Waals surface area contributed by atoms with Crippen molar-refractivity contribution >= 4 is 37.1 Å². The minimum absolute atomic E-state index is 0.0368. The molecule has 0 saturated heterocycles. The Kier molecular flexibility index (Phi) is 6.30. The molecule has 0 bridgehead atoms. The fraction of sp³-hybridized carbons (Fsp3) is 0.150. The summed E-state index contributed by atoms with van der Waals surface area (Å²) in [6.45, 7) is 3.72. The van der Waals surface area contributed by atoms with Gasteiger partial charge in [-0.2, -0.15) is 0 Å². The van der Waals surface area contributed by atoms with Gasteiger partial charge in [0.1, 0.15) is 9.96 Å². The third kappa shape index (κ3) is 4.89. The first-order chi connectivity index (χ1) is 14.1. The number of sulfonamides is 1. The topological polar surface area (TPSA) is 107 Å². The number of carbonyl (C=O) groups is 1. The SMILES string of the molecule is CC(C)Oc1ccc(C(=O)NS(=O)(=O)c2cc(S(=O)(=O)c3ccccc3)cs2)cc1. The molecule has 0 aliphatic rings. The van der Waals surface area contributed by atoms with E-state index in [0.717, 1.165) is 17.4 Å². The number of hydrogen-bond acceptors (Lipinski definition) is 7. The fourth-order valence-electron chi connectivity index (χ4n) is 2.51. The first-order valence-corrected chi connectivity index (χ1v) is 12.7. The molecule has 0 unspecified atom stereocenters. The van der Waals surface area contributed by atoms with E-state index in [1.54, 1.807) is 30.3 Å². The molecule has 0 fully saturated rings. The highest BCUT2D eigenvalue weighted by Gasteiger charge is 2.25. The maximum atomic E-state index is 12.6. The zero-order valence-corrected chi connectivity index (χ0v) is 18.6. The van der Waals surface area contributed by atoms with Crippen LogP contribution in [-0.2, 0) is 19.9 Å². The van der Waals surface area contributed by atoms with Gasteiger partial charge in [-0.3, -0.25) is 4.79 Å². The first kappa shape index (κ1) is 22.0. The number of amides is 1. The number of nitrogens with one attached hydrogen (secondary N) is 1. The van der Waals surface area contributed by atoms with Crippen LogP contribution in [0.4, 0.5) is 0 Å². The highest BCUT2D eigenvalue weighted by atomic mass is 32.2. The van der Waals surface area contributed by atoms with E-state index in [4.69, 9.17) is 4.74 Å². The minimum atomic E-state index is -4.24. The van der Waals surface area contributed by atoms with E-state index in [0.29, 0.717) is 5.75 Å². The molecule has 1 N–H and O–H groups in total. The molecule has 1 aromatic heterocycles. The summed E-state index contributed by atoms with van der Waals surface area (Å²) in [6.07, 6.45) is -0.0368. The monoisotopic (exact) mass is 465 g/mol. The number of rotatable bonds is 7. The molecule has 2 aromatic carbocycles. The second kappa shape index (κ2) is 8.58. The van der Waals surface area contributed by atoms with Crippen LogP contribution in [0.1, 0.15) is 24.2 Å². The maximum absolute atomic E-state index is 12.6. The highest BCUT2D eigenvalue weighted by molar-refractivity contribution is 7.93. The summed E-state index contributed by atoms with van der Waals surface area (Å²) in [6, 6.07) is 14.8. The summed E-state index contributed by atoms with van der Waals surface area (Å²) >= 11 is 0.723. The molecule has 0 spiro atoms. The summed E-state index contributed by atoms with van der Waals surface area (Å²) in [4.78, 5) is 12.3. The van der Waals surface area contributed by atoms with Crippen molar-refractivity contribution in [3.8, 4) is 5.75 Å². The van der Waals surface area contributed by atoms with Crippen LogP contribution < -0.4 is 9.46 Å². The maximum Gasteiger partial charge on any atom is 0.273 e. The van der Waals surface area contributed by atoms with Gasteiger partial charge in [0.15, 0.2) is 0 Å². The van der Waals surface area contributed by atoms with Crippen molar-refractivity contribution in [3.05, 3.63) is 71.6 Å². The number of benzene rings is 2. The number of ether oxygens (including phenoxy) is 1. The summed E-state index contributed by atoms with van der Waals surface area (Å²) in [7, 11) is -8.09. The third-order valence-electron chi connectivity index (χ3n) is 3.90. The van der Waals surface area contributed by atoms with Crippen LogP contribution in [0.2, 0.25) is 0 Å².